The van der Waals surface area contributed by atoms with Crippen LogP contribution in [0.5, 0.6) is 0 Å². The maximum Gasteiger partial charge on any atom is 0.270 e. The van der Waals surface area contributed by atoms with Crippen LogP contribution in [0.15, 0.2) is 57.9 Å². The number of hydrogen-bond acceptors (Lipinski definition) is 7. The molecule has 0 aliphatic rings. The van der Waals surface area contributed by atoms with Gasteiger partial charge in [0.05, 0.1) is 22.4 Å². The Bertz CT molecular complexity index is 1190. The zero-order chi connectivity index (χ0) is 21.2. The van der Waals surface area contributed by atoms with Gasteiger partial charge in [-0.3, -0.25) is 19.7 Å². The minimum Gasteiger partial charge on any atom is -0.463 e. The van der Waals surface area contributed by atoms with Crippen molar-refractivity contribution in [3.8, 4) is 17.5 Å². The summed E-state index contributed by atoms with van der Waals surface area (Å²) in [5, 5.41) is 26.9. The summed E-state index contributed by atoms with van der Waals surface area (Å²) in [4.78, 5) is 35.5. The van der Waals surface area contributed by atoms with Gasteiger partial charge in [-0.2, -0.15) is 10.4 Å². The standard InChI is InChI=1S/C19H15N5O5/c1-19(2,23-17(25)8-7-15(22-23)16-4-3-9-29-16)18(26)21-14-6-5-13(24(27)28)10-12(14)11-20/h3-10H,1-2H3,(H,21,26). The molecule has 10 heteroatoms. The van der Waals surface area contributed by atoms with Crippen LogP contribution in [0.4, 0.5) is 11.4 Å². The zero-order valence-corrected chi connectivity index (χ0v) is 15.4. The molecular formula is C19H15N5O5. The first-order valence-corrected chi connectivity index (χ1v) is 8.39. The van der Waals surface area contributed by atoms with Crippen LogP contribution >= 0.6 is 0 Å². The lowest BCUT2D eigenvalue weighted by Crippen LogP contribution is -2.47. The molecular weight excluding hydrogens is 378 g/mol. The molecule has 1 N–H and O–H groups in total. The highest BCUT2D eigenvalue weighted by Crippen LogP contribution is 2.24. The Kier molecular flexibility index (Phi) is 4.97. The van der Waals surface area contributed by atoms with Crippen molar-refractivity contribution in [2.24, 2.45) is 0 Å². The smallest absolute Gasteiger partial charge is 0.270 e. The number of nitro benzene ring substituents is 1. The predicted octanol–water partition coefficient (Wildman–Crippen LogP) is 2.66. The molecule has 29 heavy (non-hydrogen) atoms. The molecule has 3 aromatic rings. The second-order valence-electron chi connectivity index (χ2n) is 6.56. The second kappa shape index (κ2) is 7.40. The summed E-state index contributed by atoms with van der Waals surface area (Å²) in [7, 11) is 0. The average Bonchev–Trinajstić information content (AvgIpc) is 3.23. The molecule has 146 valence electrons. The van der Waals surface area contributed by atoms with E-state index >= 15 is 0 Å². The van der Waals surface area contributed by atoms with Crippen molar-refractivity contribution in [3.05, 3.63) is 74.8 Å². The van der Waals surface area contributed by atoms with E-state index < -0.39 is 21.9 Å². The number of nitrogens with zero attached hydrogens (tertiary/aromatic N) is 4. The lowest BCUT2D eigenvalue weighted by molar-refractivity contribution is -0.384. The predicted molar refractivity (Wildman–Crippen MR) is 102 cm³/mol. The van der Waals surface area contributed by atoms with Gasteiger partial charge in [0.2, 0.25) is 0 Å². The Morgan fingerprint density at radius 3 is 2.69 bits per heavy atom. The summed E-state index contributed by atoms with van der Waals surface area (Å²) in [6, 6.07) is 11.4. The molecule has 2 heterocycles. The molecule has 0 aliphatic carbocycles. The molecule has 0 unspecified atom stereocenters. The fourth-order valence-corrected chi connectivity index (χ4v) is 2.59. The third-order valence-electron chi connectivity index (χ3n) is 4.24. The Morgan fingerprint density at radius 2 is 2.07 bits per heavy atom. The van der Waals surface area contributed by atoms with Crippen molar-refractivity contribution in [2.75, 3.05) is 5.32 Å². The number of nitriles is 1. The first-order valence-electron chi connectivity index (χ1n) is 8.39. The Labute approximate surface area is 164 Å². The van der Waals surface area contributed by atoms with Crippen LogP contribution < -0.4 is 10.9 Å². The molecule has 0 bridgehead atoms. The topological polar surface area (TPSA) is 144 Å². The molecule has 0 fully saturated rings. The van der Waals surface area contributed by atoms with Gasteiger partial charge in [0.1, 0.15) is 17.3 Å². The van der Waals surface area contributed by atoms with Crippen LogP contribution in [0, 0.1) is 21.4 Å². The average molecular weight is 393 g/mol. The minimum atomic E-state index is -1.44. The Hall–Kier alpha value is -4.26. The van der Waals surface area contributed by atoms with Crippen molar-refractivity contribution in [1.29, 1.82) is 5.26 Å². The summed E-state index contributed by atoms with van der Waals surface area (Å²) in [6.07, 6.45) is 1.46. The minimum absolute atomic E-state index is 0.0759. The van der Waals surface area contributed by atoms with Crippen molar-refractivity contribution in [3.63, 3.8) is 0 Å². The van der Waals surface area contributed by atoms with Gasteiger partial charge in [-0.25, -0.2) is 4.68 Å². The van der Waals surface area contributed by atoms with Gasteiger partial charge >= 0.3 is 0 Å². The van der Waals surface area contributed by atoms with Gasteiger partial charge in [-0.05, 0) is 38.1 Å². The molecule has 0 aliphatic heterocycles. The van der Waals surface area contributed by atoms with E-state index in [0.717, 1.165) is 10.7 Å². The van der Waals surface area contributed by atoms with Gasteiger partial charge in [0.15, 0.2) is 5.76 Å². The molecule has 10 nitrogen and oxygen atoms in total. The van der Waals surface area contributed by atoms with Gasteiger partial charge in [0.25, 0.3) is 17.2 Å². The Balaban J connectivity index is 1.96. The van der Waals surface area contributed by atoms with Crippen molar-refractivity contribution >= 4 is 17.3 Å². The van der Waals surface area contributed by atoms with E-state index in [1.807, 2.05) is 6.07 Å². The lowest BCUT2D eigenvalue weighted by atomic mass is 10.0. The highest BCUT2D eigenvalue weighted by molar-refractivity contribution is 5.97. The van der Waals surface area contributed by atoms with E-state index in [9.17, 15) is 25.0 Å². The van der Waals surface area contributed by atoms with Crippen molar-refractivity contribution < 1.29 is 14.1 Å². The molecule has 0 saturated carbocycles. The number of anilines is 1. The zero-order valence-electron chi connectivity index (χ0n) is 15.4. The number of hydrogen-bond donors (Lipinski definition) is 1. The normalized spacial score (nSPS) is 10.9. The number of nitrogens with one attached hydrogen (secondary N) is 1. The highest BCUT2D eigenvalue weighted by Gasteiger charge is 2.33. The molecule has 1 aromatic carbocycles. The lowest BCUT2D eigenvalue weighted by Gasteiger charge is -2.25. The second-order valence-corrected chi connectivity index (χ2v) is 6.56. The Morgan fingerprint density at radius 1 is 1.31 bits per heavy atom. The van der Waals surface area contributed by atoms with Crippen molar-refractivity contribution in [2.45, 2.75) is 19.4 Å². The van der Waals surface area contributed by atoms with Gasteiger partial charge in [-0.15, -0.1) is 0 Å². The summed E-state index contributed by atoms with van der Waals surface area (Å²) < 4.78 is 6.29. The number of non-ortho nitro benzene ring substituents is 1. The number of benzene rings is 1. The summed E-state index contributed by atoms with van der Waals surface area (Å²) in [5.41, 5.74) is -1.84. The number of rotatable bonds is 5. The van der Waals surface area contributed by atoms with Gasteiger partial charge in [0, 0.05) is 18.2 Å². The first-order chi connectivity index (χ1) is 13.7. The fraction of sp³-hybridized carbons (Fsp3) is 0.158. The molecule has 3 rings (SSSR count). The molecule has 0 radical (unpaired) electrons. The van der Waals surface area contributed by atoms with Gasteiger partial charge < -0.3 is 9.73 Å². The number of amides is 1. The van der Waals surface area contributed by atoms with E-state index in [2.05, 4.69) is 10.4 Å². The van der Waals surface area contributed by atoms with Crippen LogP contribution in [0.3, 0.4) is 0 Å². The third-order valence-corrected chi connectivity index (χ3v) is 4.24. The number of furan rings is 1. The van der Waals surface area contributed by atoms with Gasteiger partial charge in [-0.1, -0.05) is 0 Å². The van der Waals surface area contributed by atoms with Crippen LogP contribution in [0.1, 0.15) is 19.4 Å². The third kappa shape index (κ3) is 3.74. The maximum absolute atomic E-state index is 12.9. The van der Waals surface area contributed by atoms with E-state index in [1.54, 1.807) is 12.1 Å². The SMILES string of the molecule is CC(C)(C(=O)Nc1ccc([N+](=O)[O-])cc1C#N)n1nc(-c2ccco2)ccc1=O. The van der Waals surface area contributed by atoms with E-state index in [4.69, 9.17) is 4.42 Å². The molecule has 0 spiro atoms. The largest absolute Gasteiger partial charge is 0.463 e. The van der Waals surface area contributed by atoms with Crippen LogP contribution in [-0.2, 0) is 10.3 Å². The van der Waals surface area contributed by atoms with Crippen LogP contribution in [0.2, 0.25) is 0 Å². The van der Waals surface area contributed by atoms with E-state index in [-0.39, 0.29) is 16.9 Å². The number of nitro groups is 1. The molecule has 1 amide bonds. The molecule has 0 atom stereocenters. The maximum atomic E-state index is 12.9. The molecule has 0 saturated heterocycles. The summed E-state index contributed by atoms with van der Waals surface area (Å²) in [5.74, 6) is -0.203. The number of aromatic nitrogens is 2. The number of carbonyl (C=O) groups excluding carboxylic acids is 1. The quantitative estimate of drug-likeness (QED) is 0.518. The van der Waals surface area contributed by atoms with Crippen molar-refractivity contribution in [1.82, 2.24) is 9.78 Å². The monoisotopic (exact) mass is 393 g/mol. The van der Waals surface area contributed by atoms with Crippen LogP contribution in [-0.4, -0.2) is 20.6 Å². The first kappa shape index (κ1) is 19.5. The summed E-state index contributed by atoms with van der Waals surface area (Å²) >= 11 is 0. The molecule has 2 aromatic heterocycles. The summed E-state index contributed by atoms with van der Waals surface area (Å²) in [6.45, 7) is 2.97. The number of carbonyl (C=O) groups is 1. The highest BCUT2D eigenvalue weighted by atomic mass is 16.6. The van der Waals surface area contributed by atoms with Crippen LogP contribution in [0.25, 0.3) is 11.5 Å². The van der Waals surface area contributed by atoms with E-state index in [1.165, 1.54) is 44.4 Å². The fourth-order valence-electron chi connectivity index (χ4n) is 2.59. The van der Waals surface area contributed by atoms with E-state index in [0.29, 0.717) is 11.5 Å².